The summed E-state index contributed by atoms with van der Waals surface area (Å²) in [5.74, 6) is -0.273. The Labute approximate surface area is 179 Å². The maximum atomic E-state index is 14.8. The summed E-state index contributed by atoms with van der Waals surface area (Å²) >= 11 is 0. The van der Waals surface area contributed by atoms with E-state index in [-0.39, 0.29) is 28.3 Å². The van der Waals surface area contributed by atoms with E-state index in [4.69, 9.17) is 5.73 Å². The first-order chi connectivity index (χ1) is 14.9. The Hall–Kier alpha value is -3.81. The number of nitrogens with zero attached hydrogens (tertiary/aromatic N) is 1. The van der Waals surface area contributed by atoms with Crippen molar-refractivity contribution in [3.8, 4) is 0 Å². The van der Waals surface area contributed by atoms with Gasteiger partial charge in [0.2, 0.25) is 0 Å². The van der Waals surface area contributed by atoms with E-state index in [9.17, 15) is 14.0 Å². The summed E-state index contributed by atoms with van der Waals surface area (Å²) in [6, 6.07) is 13.3. The van der Waals surface area contributed by atoms with E-state index in [0.29, 0.717) is 17.3 Å². The molecule has 0 unspecified atom stereocenters. The van der Waals surface area contributed by atoms with E-state index in [1.807, 2.05) is 6.07 Å². The Balaban J connectivity index is 1.79. The molecule has 1 aliphatic rings. The maximum absolute atomic E-state index is 14.8. The van der Waals surface area contributed by atoms with Crippen molar-refractivity contribution >= 4 is 34.5 Å². The van der Waals surface area contributed by atoms with E-state index < -0.39 is 11.7 Å². The maximum Gasteiger partial charge on any atom is 0.256 e. The number of carbonyl (C=O) groups excluding carboxylic acids is 1. The zero-order valence-corrected chi connectivity index (χ0v) is 17.3. The van der Waals surface area contributed by atoms with Gasteiger partial charge in [0.25, 0.3) is 11.5 Å². The Morgan fingerprint density at radius 2 is 1.87 bits per heavy atom. The predicted molar refractivity (Wildman–Crippen MR) is 121 cm³/mol. The molecule has 8 heteroatoms. The van der Waals surface area contributed by atoms with E-state index >= 15 is 0 Å². The van der Waals surface area contributed by atoms with Crippen molar-refractivity contribution in [2.75, 3.05) is 23.4 Å². The van der Waals surface area contributed by atoms with Crippen molar-refractivity contribution in [1.29, 1.82) is 0 Å². The number of nitrogen functional groups attached to an aromatic ring is 1. The zero-order valence-electron chi connectivity index (χ0n) is 17.3. The Bertz CT molecular complexity index is 1220. The first-order valence-corrected chi connectivity index (χ1v) is 10.0. The van der Waals surface area contributed by atoms with Crippen molar-refractivity contribution < 1.29 is 9.18 Å². The number of hydrogen-bond donors (Lipinski definition) is 4. The van der Waals surface area contributed by atoms with Gasteiger partial charge in [-0.05, 0) is 54.7 Å². The number of pyridine rings is 1. The molecular weight excluding hydrogens is 397 g/mol. The van der Waals surface area contributed by atoms with Crippen LogP contribution in [-0.4, -0.2) is 17.5 Å². The average molecular weight is 421 g/mol. The van der Waals surface area contributed by atoms with Crippen LogP contribution in [0.2, 0.25) is 0 Å². The van der Waals surface area contributed by atoms with E-state index in [1.165, 1.54) is 30.8 Å². The van der Waals surface area contributed by atoms with Crippen LogP contribution < -0.4 is 27.2 Å². The van der Waals surface area contributed by atoms with Crippen LogP contribution in [0.3, 0.4) is 0 Å². The third-order valence-electron chi connectivity index (χ3n) is 5.35. The smallest absolute Gasteiger partial charge is 0.256 e. The third kappa shape index (κ3) is 4.23. The normalized spacial score (nSPS) is 13.0. The molecule has 0 atom stereocenters. The second-order valence-electron chi connectivity index (χ2n) is 7.65. The summed E-state index contributed by atoms with van der Waals surface area (Å²) in [7, 11) is 3.02. The van der Waals surface area contributed by atoms with Gasteiger partial charge >= 0.3 is 0 Å². The van der Waals surface area contributed by atoms with Gasteiger partial charge in [0.1, 0.15) is 17.2 Å². The lowest BCUT2D eigenvalue weighted by atomic mass is 10.1. The lowest BCUT2D eigenvalue weighted by Gasteiger charge is -2.20. The van der Waals surface area contributed by atoms with Crippen LogP contribution in [0.25, 0.3) is 0 Å². The van der Waals surface area contributed by atoms with Gasteiger partial charge in [-0.3, -0.25) is 14.2 Å². The van der Waals surface area contributed by atoms with Gasteiger partial charge in [-0.15, -0.1) is 0 Å². The molecule has 2 aromatic carbocycles. The number of anilines is 5. The molecule has 0 saturated heterocycles. The van der Waals surface area contributed by atoms with Crippen molar-refractivity contribution in [1.82, 2.24) is 9.88 Å². The Kier molecular flexibility index (Phi) is 5.37. The minimum absolute atomic E-state index is 0.177. The molecule has 7 nitrogen and oxygen atoms in total. The number of nitrogens with two attached hydrogens (primary N) is 1. The van der Waals surface area contributed by atoms with Crippen LogP contribution >= 0.6 is 0 Å². The fourth-order valence-corrected chi connectivity index (χ4v) is 3.50. The molecule has 1 aliphatic carbocycles. The van der Waals surface area contributed by atoms with Gasteiger partial charge in [0.15, 0.2) is 0 Å². The second-order valence-corrected chi connectivity index (χ2v) is 7.65. The highest BCUT2D eigenvalue weighted by Gasteiger charge is 2.25. The number of nitrogens with one attached hydrogen (secondary N) is 3. The number of benzene rings is 2. The molecule has 0 radical (unpaired) electrons. The van der Waals surface area contributed by atoms with Crippen molar-refractivity contribution in [3.05, 3.63) is 75.8 Å². The van der Waals surface area contributed by atoms with Gasteiger partial charge in [0.05, 0.1) is 11.4 Å². The van der Waals surface area contributed by atoms with Gasteiger partial charge in [-0.1, -0.05) is 12.1 Å². The van der Waals surface area contributed by atoms with Crippen LogP contribution in [0, 0.1) is 5.82 Å². The van der Waals surface area contributed by atoms with Gasteiger partial charge < -0.3 is 21.7 Å². The summed E-state index contributed by atoms with van der Waals surface area (Å²) in [6.07, 6.45) is 2.14. The zero-order chi connectivity index (χ0) is 22.1. The first kappa shape index (κ1) is 20.5. The second kappa shape index (κ2) is 8.14. The van der Waals surface area contributed by atoms with Crippen LogP contribution in [-0.2, 0) is 7.05 Å². The van der Waals surface area contributed by atoms with Gasteiger partial charge in [-0.2, -0.15) is 0 Å². The topological polar surface area (TPSA) is 101 Å². The quantitative estimate of drug-likeness (QED) is 0.453. The van der Waals surface area contributed by atoms with Crippen LogP contribution in [0.5, 0.6) is 0 Å². The number of aromatic nitrogens is 1. The standard InChI is InChI=1S/C23H24FN5O2/c1-26-23(31)21-19(27-16-5-3-4-15(25)11-16)12-20(30)29(2)22(21)28-18-9-8-14(10-17(18)24)13-6-7-13/h3-5,8-13,27-28H,6-7,25H2,1-2H3,(H,26,31). The van der Waals surface area contributed by atoms with Crippen molar-refractivity contribution in [2.45, 2.75) is 18.8 Å². The first-order valence-electron chi connectivity index (χ1n) is 10.0. The molecule has 160 valence electrons. The van der Waals surface area contributed by atoms with Gasteiger partial charge in [0, 0.05) is 31.5 Å². The number of rotatable bonds is 6. The fraction of sp³-hybridized carbons (Fsp3) is 0.217. The molecule has 31 heavy (non-hydrogen) atoms. The minimum Gasteiger partial charge on any atom is -0.399 e. The molecule has 0 bridgehead atoms. The fourth-order valence-electron chi connectivity index (χ4n) is 3.50. The monoisotopic (exact) mass is 421 g/mol. The summed E-state index contributed by atoms with van der Waals surface area (Å²) < 4.78 is 16.1. The van der Waals surface area contributed by atoms with Crippen LogP contribution in [0.1, 0.15) is 34.7 Å². The lowest BCUT2D eigenvalue weighted by Crippen LogP contribution is -2.27. The molecule has 1 heterocycles. The third-order valence-corrected chi connectivity index (χ3v) is 5.35. The average Bonchev–Trinajstić information content (AvgIpc) is 3.58. The number of carbonyl (C=O) groups is 1. The van der Waals surface area contributed by atoms with Crippen molar-refractivity contribution in [3.63, 3.8) is 0 Å². The molecule has 1 fully saturated rings. The highest BCUT2D eigenvalue weighted by Crippen LogP contribution is 2.41. The van der Waals surface area contributed by atoms with E-state index in [0.717, 1.165) is 18.4 Å². The molecule has 3 aromatic rings. The molecule has 1 saturated carbocycles. The molecule has 4 rings (SSSR count). The molecule has 5 N–H and O–H groups in total. The van der Waals surface area contributed by atoms with Crippen LogP contribution in [0.15, 0.2) is 53.3 Å². The molecule has 0 aliphatic heterocycles. The Morgan fingerprint density at radius 3 is 2.52 bits per heavy atom. The highest BCUT2D eigenvalue weighted by atomic mass is 19.1. The van der Waals surface area contributed by atoms with E-state index in [1.54, 1.807) is 30.3 Å². The van der Waals surface area contributed by atoms with E-state index in [2.05, 4.69) is 16.0 Å². The lowest BCUT2D eigenvalue weighted by molar-refractivity contribution is 0.0964. The molecular formula is C23H24FN5O2. The SMILES string of the molecule is CNC(=O)c1c(Nc2cccc(N)c2)cc(=O)n(C)c1Nc1ccc(C2CC2)cc1F. The largest absolute Gasteiger partial charge is 0.399 e. The Morgan fingerprint density at radius 1 is 1.10 bits per heavy atom. The predicted octanol–water partition coefficient (Wildman–Crippen LogP) is 3.83. The number of halogens is 1. The summed E-state index contributed by atoms with van der Waals surface area (Å²) in [5.41, 5.74) is 8.23. The number of amides is 1. The molecule has 1 amide bonds. The molecule has 1 aromatic heterocycles. The highest BCUT2D eigenvalue weighted by molar-refractivity contribution is 6.05. The molecule has 0 spiro atoms. The number of hydrogen-bond acceptors (Lipinski definition) is 5. The summed E-state index contributed by atoms with van der Waals surface area (Å²) in [5, 5.41) is 8.62. The minimum atomic E-state index is -0.436. The summed E-state index contributed by atoms with van der Waals surface area (Å²) in [4.78, 5) is 25.4. The summed E-state index contributed by atoms with van der Waals surface area (Å²) in [6.45, 7) is 0. The van der Waals surface area contributed by atoms with Crippen LogP contribution in [0.4, 0.5) is 33.0 Å². The van der Waals surface area contributed by atoms with Gasteiger partial charge in [-0.25, -0.2) is 4.39 Å². The van der Waals surface area contributed by atoms with Crippen molar-refractivity contribution in [2.24, 2.45) is 7.05 Å².